The molecule has 0 amide bonds. The van der Waals surface area contributed by atoms with E-state index in [9.17, 15) is 0 Å². The molecule has 16 heavy (non-hydrogen) atoms. The van der Waals surface area contributed by atoms with Gasteiger partial charge in [0.1, 0.15) is 0 Å². The minimum Gasteiger partial charge on any atom is -0.316 e. The topological polar surface area (TPSA) is 36.4 Å². The van der Waals surface area contributed by atoms with Crippen LogP contribution in [0.4, 0.5) is 0 Å². The highest BCUT2D eigenvalue weighted by Gasteiger charge is 2.33. The van der Waals surface area contributed by atoms with Crippen molar-refractivity contribution in [3.8, 4) is 0 Å². The number of nitrogens with one attached hydrogen (secondary N) is 2. The highest BCUT2D eigenvalue weighted by atomic mass is 35.5. The van der Waals surface area contributed by atoms with E-state index in [2.05, 4.69) is 28.0 Å². The Bertz CT molecular complexity index is 413. The number of piperidine rings is 1. The summed E-state index contributed by atoms with van der Waals surface area (Å²) in [7, 11) is 0. The van der Waals surface area contributed by atoms with Gasteiger partial charge in [-0.2, -0.15) is 5.10 Å². The van der Waals surface area contributed by atoms with Crippen LogP contribution in [0, 0.1) is 5.92 Å². The molecule has 1 saturated heterocycles. The minimum absolute atomic E-state index is 0.306. The number of hydrogen-bond acceptors (Lipinski definition) is 3. The monoisotopic (exact) mass is 235 g/mol. The van der Waals surface area contributed by atoms with Crippen LogP contribution >= 0.6 is 11.6 Å². The van der Waals surface area contributed by atoms with Crippen molar-refractivity contribution < 1.29 is 0 Å². The highest BCUT2D eigenvalue weighted by molar-refractivity contribution is 6.30. The maximum absolute atomic E-state index is 5.89. The smallest absolute Gasteiger partial charge is 0.0782 e. The lowest BCUT2D eigenvalue weighted by atomic mass is 9.87. The summed E-state index contributed by atoms with van der Waals surface area (Å²) < 4.78 is 0. The third-order valence-electron chi connectivity index (χ3n) is 3.33. The van der Waals surface area contributed by atoms with Crippen LogP contribution in [0.1, 0.15) is 18.0 Å². The predicted molar refractivity (Wildman–Crippen MR) is 65.7 cm³/mol. The lowest BCUT2D eigenvalue weighted by Gasteiger charge is -2.25. The first-order valence-electron chi connectivity index (χ1n) is 5.63. The highest BCUT2D eigenvalue weighted by Crippen LogP contribution is 2.30. The average Bonchev–Trinajstić information content (AvgIpc) is 2.74. The van der Waals surface area contributed by atoms with Crippen molar-refractivity contribution in [1.29, 1.82) is 0 Å². The van der Waals surface area contributed by atoms with Gasteiger partial charge in [0.05, 0.1) is 6.04 Å². The SMILES string of the molecule is Clc1ccc(C2NN=C3CCNCC32)cc1. The fourth-order valence-electron chi connectivity index (χ4n) is 2.45. The maximum Gasteiger partial charge on any atom is 0.0782 e. The first kappa shape index (κ1) is 10.1. The zero-order valence-corrected chi connectivity index (χ0v) is 9.67. The molecule has 1 aromatic carbocycles. The summed E-state index contributed by atoms with van der Waals surface area (Å²) in [5.41, 5.74) is 5.80. The van der Waals surface area contributed by atoms with Crippen molar-refractivity contribution in [3.05, 3.63) is 34.9 Å². The van der Waals surface area contributed by atoms with E-state index in [0.717, 1.165) is 24.5 Å². The molecule has 0 bridgehead atoms. The summed E-state index contributed by atoms with van der Waals surface area (Å²) in [5, 5.41) is 8.63. The van der Waals surface area contributed by atoms with E-state index in [1.54, 1.807) is 0 Å². The molecule has 2 aliphatic rings. The molecule has 0 spiro atoms. The van der Waals surface area contributed by atoms with E-state index in [4.69, 9.17) is 11.6 Å². The van der Waals surface area contributed by atoms with Crippen LogP contribution in [0.2, 0.25) is 5.02 Å². The van der Waals surface area contributed by atoms with Gasteiger partial charge >= 0.3 is 0 Å². The number of hydrazone groups is 1. The molecule has 0 saturated carbocycles. The number of nitrogens with zero attached hydrogens (tertiary/aromatic N) is 1. The van der Waals surface area contributed by atoms with Crippen molar-refractivity contribution in [1.82, 2.24) is 10.7 Å². The van der Waals surface area contributed by atoms with Crippen LogP contribution in [-0.2, 0) is 0 Å². The van der Waals surface area contributed by atoms with Gasteiger partial charge in [-0.25, -0.2) is 0 Å². The summed E-state index contributed by atoms with van der Waals surface area (Å²) in [6.07, 6.45) is 1.06. The Kier molecular flexibility index (Phi) is 2.58. The van der Waals surface area contributed by atoms with Crippen molar-refractivity contribution in [2.45, 2.75) is 12.5 Å². The van der Waals surface area contributed by atoms with Crippen LogP contribution in [0.3, 0.4) is 0 Å². The molecule has 4 heteroatoms. The quantitative estimate of drug-likeness (QED) is 0.781. The van der Waals surface area contributed by atoms with Gasteiger partial charge in [0.2, 0.25) is 0 Å². The second-order valence-electron chi connectivity index (χ2n) is 4.32. The molecule has 2 aliphatic heterocycles. The Morgan fingerprint density at radius 1 is 1.25 bits per heavy atom. The van der Waals surface area contributed by atoms with Crippen molar-refractivity contribution in [2.75, 3.05) is 13.1 Å². The number of rotatable bonds is 1. The van der Waals surface area contributed by atoms with Crippen LogP contribution in [-0.4, -0.2) is 18.8 Å². The van der Waals surface area contributed by atoms with Crippen molar-refractivity contribution in [3.63, 3.8) is 0 Å². The fraction of sp³-hybridized carbons (Fsp3) is 0.417. The predicted octanol–water partition coefficient (Wildman–Crippen LogP) is 1.95. The summed E-state index contributed by atoms with van der Waals surface area (Å²) in [4.78, 5) is 0. The molecular formula is C12H14ClN3. The third-order valence-corrected chi connectivity index (χ3v) is 3.58. The molecule has 1 fully saturated rings. The molecule has 2 unspecified atom stereocenters. The van der Waals surface area contributed by atoms with E-state index >= 15 is 0 Å². The maximum atomic E-state index is 5.89. The van der Waals surface area contributed by atoms with Crippen molar-refractivity contribution in [2.24, 2.45) is 11.0 Å². The first-order chi connectivity index (χ1) is 7.84. The zero-order valence-electron chi connectivity index (χ0n) is 8.91. The summed E-state index contributed by atoms with van der Waals surface area (Å²) >= 11 is 5.89. The standard InChI is InChI=1S/C12H14ClN3/c13-9-3-1-8(2-4-9)12-10-7-14-6-5-11(10)15-16-12/h1-4,10,12,14,16H,5-7H2. The number of benzene rings is 1. The molecule has 3 nitrogen and oxygen atoms in total. The lowest BCUT2D eigenvalue weighted by Crippen LogP contribution is -2.38. The second kappa shape index (κ2) is 4.07. The minimum atomic E-state index is 0.306. The van der Waals surface area contributed by atoms with Gasteiger partial charge < -0.3 is 10.7 Å². The van der Waals surface area contributed by atoms with E-state index in [0.29, 0.717) is 12.0 Å². The first-order valence-corrected chi connectivity index (χ1v) is 6.00. The van der Waals surface area contributed by atoms with Crippen LogP contribution in [0.25, 0.3) is 0 Å². The van der Waals surface area contributed by atoms with E-state index in [-0.39, 0.29) is 0 Å². The van der Waals surface area contributed by atoms with Crippen molar-refractivity contribution >= 4 is 17.3 Å². The summed E-state index contributed by atoms with van der Waals surface area (Å²) in [6, 6.07) is 8.33. The molecule has 2 atom stereocenters. The third kappa shape index (κ3) is 1.70. The molecule has 1 aromatic rings. The lowest BCUT2D eigenvalue weighted by molar-refractivity contribution is 0.451. The van der Waals surface area contributed by atoms with Gasteiger partial charge in [0, 0.05) is 36.2 Å². The average molecular weight is 236 g/mol. The van der Waals surface area contributed by atoms with Gasteiger partial charge in [-0.3, -0.25) is 0 Å². The molecule has 2 heterocycles. The van der Waals surface area contributed by atoms with Gasteiger partial charge in [-0.05, 0) is 17.7 Å². The van der Waals surface area contributed by atoms with Crippen LogP contribution in [0.15, 0.2) is 29.4 Å². The number of fused-ring (bicyclic) bond motifs is 1. The van der Waals surface area contributed by atoms with E-state index in [1.165, 1.54) is 11.3 Å². The van der Waals surface area contributed by atoms with E-state index < -0.39 is 0 Å². The molecule has 0 aromatic heterocycles. The van der Waals surface area contributed by atoms with Crippen LogP contribution in [0.5, 0.6) is 0 Å². The number of hydrogen-bond donors (Lipinski definition) is 2. The molecule has 3 rings (SSSR count). The summed E-state index contributed by atoms with van der Waals surface area (Å²) in [6.45, 7) is 2.06. The van der Waals surface area contributed by atoms with Gasteiger partial charge in [0.25, 0.3) is 0 Å². The van der Waals surface area contributed by atoms with Gasteiger partial charge in [-0.15, -0.1) is 0 Å². The van der Waals surface area contributed by atoms with Crippen LogP contribution < -0.4 is 10.7 Å². The fourth-order valence-corrected chi connectivity index (χ4v) is 2.57. The molecular weight excluding hydrogens is 222 g/mol. The normalized spacial score (nSPS) is 28.2. The van der Waals surface area contributed by atoms with Gasteiger partial charge in [-0.1, -0.05) is 23.7 Å². The Labute approximate surface area is 99.9 Å². The summed E-state index contributed by atoms with van der Waals surface area (Å²) in [5.74, 6) is 0.495. The van der Waals surface area contributed by atoms with Gasteiger partial charge in [0.15, 0.2) is 0 Å². The Balaban J connectivity index is 1.84. The largest absolute Gasteiger partial charge is 0.316 e. The molecule has 84 valence electrons. The zero-order chi connectivity index (χ0) is 11.0. The second-order valence-corrected chi connectivity index (χ2v) is 4.76. The Morgan fingerprint density at radius 3 is 2.88 bits per heavy atom. The number of halogens is 1. The Morgan fingerprint density at radius 2 is 2.06 bits per heavy atom. The Hall–Kier alpha value is -1.06. The molecule has 0 aliphatic carbocycles. The molecule has 0 radical (unpaired) electrons. The van der Waals surface area contributed by atoms with E-state index in [1.807, 2.05) is 12.1 Å². The molecule has 2 N–H and O–H groups in total.